The van der Waals surface area contributed by atoms with Crippen LogP contribution < -0.4 is 10.6 Å². The van der Waals surface area contributed by atoms with E-state index in [0.717, 1.165) is 25.8 Å². The van der Waals surface area contributed by atoms with Gasteiger partial charge in [-0.25, -0.2) is 4.39 Å². The molecule has 0 heterocycles. The van der Waals surface area contributed by atoms with Gasteiger partial charge in [0.05, 0.1) is 5.69 Å². The van der Waals surface area contributed by atoms with Gasteiger partial charge in [-0.1, -0.05) is 0 Å². The highest BCUT2D eigenvalue weighted by Crippen LogP contribution is 2.20. The SMILES string of the molecule is CN(CCCCCO)c1ccc(N)cc1F. The highest BCUT2D eigenvalue weighted by atomic mass is 19.1. The van der Waals surface area contributed by atoms with Crippen LogP contribution in [0.4, 0.5) is 15.8 Å². The van der Waals surface area contributed by atoms with Crippen LogP contribution in [-0.4, -0.2) is 25.3 Å². The number of hydrogen-bond acceptors (Lipinski definition) is 3. The van der Waals surface area contributed by atoms with Gasteiger partial charge in [-0.2, -0.15) is 0 Å². The lowest BCUT2D eigenvalue weighted by atomic mass is 10.2. The summed E-state index contributed by atoms with van der Waals surface area (Å²) in [7, 11) is 1.85. The maximum absolute atomic E-state index is 13.5. The highest BCUT2D eigenvalue weighted by molar-refractivity contribution is 5.53. The van der Waals surface area contributed by atoms with Gasteiger partial charge in [0, 0.05) is 25.9 Å². The molecule has 0 radical (unpaired) electrons. The van der Waals surface area contributed by atoms with Crippen molar-refractivity contribution >= 4 is 11.4 Å². The zero-order valence-electron chi connectivity index (χ0n) is 9.62. The Balaban J connectivity index is 2.49. The first-order valence-corrected chi connectivity index (χ1v) is 5.52. The maximum Gasteiger partial charge on any atom is 0.148 e. The number of benzene rings is 1. The smallest absolute Gasteiger partial charge is 0.148 e. The number of nitrogen functional groups attached to an aromatic ring is 1. The van der Waals surface area contributed by atoms with Crippen LogP contribution in [0.2, 0.25) is 0 Å². The van der Waals surface area contributed by atoms with E-state index >= 15 is 0 Å². The molecule has 0 amide bonds. The van der Waals surface area contributed by atoms with Gasteiger partial charge in [-0.3, -0.25) is 0 Å². The van der Waals surface area contributed by atoms with Crippen molar-refractivity contribution < 1.29 is 9.50 Å². The summed E-state index contributed by atoms with van der Waals surface area (Å²) in [5.41, 5.74) is 6.49. The summed E-state index contributed by atoms with van der Waals surface area (Å²) in [5.74, 6) is -0.287. The Hall–Kier alpha value is -1.29. The van der Waals surface area contributed by atoms with Crippen molar-refractivity contribution in [3.63, 3.8) is 0 Å². The Morgan fingerprint density at radius 2 is 2.06 bits per heavy atom. The Kier molecular flexibility index (Phi) is 5.05. The number of aliphatic hydroxyl groups excluding tert-OH is 1. The fourth-order valence-corrected chi connectivity index (χ4v) is 1.59. The zero-order chi connectivity index (χ0) is 12.0. The van der Waals surface area contributed by atoms with Crippen molar-refractivity contribution in [2.24, 2.45) is 0 Å². The summed E-state index contributed by atoms with van der Waals surface area (Å²) in [6, 6.07) is 4.72. The van der Waals surface area contributed by atoms with Gasteiger partial charge < -0.3 is 15.7 Å². The van der Waals surface area contributed by atoms with E-state index in [2.05, 4.69) is 0 Å². The molecule has 0 aliphatic carbocycles. The molecule has 0 fully saturated rings. The van der Waals surface area contributed by atoms with Crippen molar-refractivity contribution in [2.75, 3.05) is 30.8 Å². The van der Waals surface area contributed by atoms with E-state index in [9.17, 15) is 4.39 Å². The first kappa shape index (κ1) is 12.8. The van der Waals surface area contributed by atoms with Crippen LogP contribution in [0.5, 0.6) is 0 Å². The second-order valence-corrected chi connectivity index (χ2v) is 3.92. The Morgan fingerprint density at radius 1 is 1.31 bits per heavy atom. The summed E-state index contributed by atoms with van der Waals surface area (Å²) in [5, 5.41) is 8.64. The molecule has 0 unspecified atom stereocenters. The third-order valence-corrected chi connectivity index (χ3v) is 2.53. The molecule has 0 aliphatic heterocycles. The third kappa shape index (κ3) is 3.70. The molecule has 0 spiro atoms. The highest BCUT2D eigenvalue weighted by Gasteiger charge is 2.06. The molecule has 0 saturated heterocycles. The normalized spacial score (nSPS) is 10.4. The summed E-state index contributed by atoms with van der Waals surface area (Å²) in [6.45, 7) is 1.00. The molecule has 16 heavy (non-hydrogen) atoms. The second kappa shape index (κ2) is 6.33. The lowest BCUT2D eigenvalue weighted by Gasteiger charge is -2.19. The molecule has 0 aliphatic rings. The van der Waals surface area contributed by atoms with E-state index in [1.165, 1.54) is 6.07 Å². The van der Waals surface area contributed by atoms with Crippen LogP contribution in [0.15, 0.2) is 18.2 Å². The Bertz CT molecular complexity index is 331. The predicted molar refractivity (Wildman–Crippen MR) is 65.0 cm³/mol. The predicted octanol–water partition coefficient (Wildman–Crippen LogP) is 2.01. The molecule has 1 rings (SSSR count). The molecular weight excluding hydrogens is 207 g/mol. The number of aliphatic hydroxyl groups is 1. The molecule has 0 aromatic heterocycles. The van der Waals surface area contributed by atoms with Gasteiger partial charge in [0.25, 0.3) is 0 Å². The minimum atomic E-state index is -0.287. The Morgan fingerprint density at radius 3 is 2.69 bits per heavy atom. The first-order chi connectivity index (χ1) is 7.65. The number of nitrogens with zero attached hydrogens (tertiary/aromatic N) is 1. The molecule has 3 nitrogen and oxygen atoms in total. The summed E-state index contributed by atoms with van der Waals surface area (Å²) < 4.78 is 13.5. The summed E-state index contributed by atoms with van der Waals surface area (Å²) >= 11 is 0. The molecule has 90 valence electrons. The van der Waals surface area contributed by atoms with Crippen molar-refractivity contribution in [3.8, 4) is 0 Å². The van der Waals surface area contributed by atoms with Crippen LogP contribution in [0, 0.1) is 5.82 Å². The minimum absolute atomic E-state index is 0.222. The van der Waals surface area contributed by atoms with E-state index in [1.54, 1.807) is 12.1 Å². The van der Waals surface area contributed by atoms with E-state index in [1.807, 2.05) is 11.9 Å². The van der Waals surface area contributed by atoms with E-state index in [-0.39, 0.29) is 12.4 Å². The molecule has 0 bridgehead atoms. The number of nitrogens with two attached hydrogens (primary N) is 1. The average molecular weight is 226 g/mol. The monoisotopic (exact) mass is 226 g/mol. The van der Waals surface area contributed by atoms with Crippen LogP contribution >= 0.6 is 0 Å². The zero-order valence-corrected chi connectivity index (χ0v) is 9.62. The molecule has 0 saturated carbocycles. The maximum atomic E-state index is 13.5. The van der Waals surface area contributed by atoms with Crippen molar-refractivity contribution in [1.29, 1.82) is 0 Å². The number of halogens is 1. The van der Waals surface area contributed by atoms with Crippen molar-refractivity contribution in [2.45, 2.75) is 19.3 Å². The molecule has 3 N–H and O–H groups in total. The van der Waals surface area contributed by atoms with Crippen LogP contribution in [0.3, 0.4) is 0 Å². The van der Waals surface area contributed by atoms with E-state index in [4.69, 9.17) is 10.8 Å². The summed E-state index contributed by atoms with van der Waals surface area (Å²) in [6.07, 6.45) is 2.70. The molecule has 1 aromatic rings. The number of anilines is 2. The van der Waals surface area contributed by atoms with Gasteiger partial charge >= 0.3 is 0 Å². The lowest BCUT2D eigenvalue weighted by Crippen LogP contribution is -2.19. The first-order valence-electron chi connectivity index (χ1n) is 5.52. The standard InChI is InChI=1S/C12H19FN2O/c1-15(7-3-2-4-8-16)12-6-5-10(14)9-11(12)13/h5-6,9,16H,2-4,7-8,14H2,1H3. The number of rotatable bonds is 6. The number of unbranched alkanes of at least 4 members (excludes halogenated alkanes) is 2. The Labute approximate surface area is 95.7 Å². The van der Waals surface area contributed by atoms with Crippen molar-refractivity contribution in [1.82, 2.24) is 0 Å². The van der Waals surface area contributed by atoms with E-state index in [0.29, 0.717) is 11.4 Å². The largest absolute Gasteiger partial charge is 0.399 e. The second-order valence-electron chi connectivity index (χ2n) is 3.92. The van der Waals surface area contributed by atoms with Gasteiger partial charge in [-0.15, -0.1) is 0 Å². The molecule has 1 aromatic carbocycles. The topological polar surface area (TPSA) is 49.5 Å². The van der Waals surface area contributed by atoms with Crippen LogP contribution in [-0.2, 0) is 0 Å². The number of hydrogen-bond donors (Lipinski definition) is 2. The van der Waals surface area contributed by atoms with Gasteiger partial charge in [0.2, 0.25) is 0 Å². The molecule has 4 heteroatoms. The van der Waals surface area contributed by atoms with Crippen LogP contribution in [0.25, 0.3) is 0 Å². The molecular formula is C12H19FN2O. The van der Waals surface area contributed by atoms with Crippen LogP contribution in [0.1, 0.15) is 19.3 Å². The van der Waals surface area contributed by atoms with E-state index < -0.39 is 0 Å². The lowest BCUT2D eigenvalue weighted by molar-refractivity contribution is 0.283. The fraction of sp³-hybridized carbons (Fsp3) is 0.500. The molecule has 0 atom stereocenters. The fourth-order valence-electron chi connectivity index (χ4n) is 1.59. The summed E-state index contributed by atoms with van der Waals surface area (Å²) in [4.78, 5) is 1.87. The minimum Gasteiger partial charge on any atom is -0.399 e. The van der Waals surface area contributed by atoms with Gasteiger partial charge in [0.15, 0.2) is 0 Å². The van der Waals surface area contributed by atoms with Gasteiger partial charge in [0.1, 0.15) is 5.82 Å². The third-order valence-electron chi connectivity index (χ3n) is 2.53. The quantitative estimate of drug-likeness (QED) is 0.576. The van der Waals surface area contributed by atoms with Gasteiger partial charge in [-0.05, 0) is 37.5 Å². The van der Waals surface area contributed by atoms with Crippen molar-refractivity contribution in [3.05, 3.63) is 24.0 Å². The average Bonchev–Trinajstić information content (AvgIpc) is 2.24.